The van der Waals surface area contributed by atoms with Crippen molar-refractivity contribution in [1.82, 2.24) is 0 Å². The first-order chi connectivity index (χ1) is 6.27. The van der Waals surface area contributed by atoms with E-state index in [1.165, 1.54) is 56.5 Å². The largest absolute Gasteiger partial charge is 0.162 e. The van der Waals surface area contributed by atoms with Gasteiger partial charge >= 0.3 is 0 Å². The highest BCUT2D eigenvalue weighted by Crippen LogP contribution is 2.36. The minimum absolute atomic E-state index is 0.668. The van der Waals surface area contributed by atoms with Crippen molar-refractivity contribution >= 4 is 11.8 Å². The molecule has 78 valence electrons. The zero-order valence-corrected chi connectivity index (χ0v) is 10.1. The second-order valence-electron chi connectivity index (χ2n) is 4.72. The molecule has 0 aliphatic heterocycles. The highest BCUT2D eigenvalue weighted by molar-refractivity contribution is 7.99. The average Bonchev–Trinajstić information content (AvgIpc) is 2.09. The molecule has 1 fully saturated rings. The molecule has 1 heteroatoms. The van der Waals surface area contributed by atoms with Crippen molar-refractivity contribution in [1.29, 1.82) is 0 Å². The van der Waals surface area contributed by atoms with Crippen LogP contribution in [0, 0.1) is 5.41 Å². The molecule has 0 aromatic rings. The Bertz CT molecular complexity index is 118. The summed E-state index contributed by atoms with van der Waals surface area (Å²) in [5.74, 6) is 2.68. The molecule has 0 radical (unpaired) electrons. The van der Waals surface area contributed by atoms with Gasteiger partial charge in [-0.3, -0.25) is 0 Å². The van der Waals surface area contributed by atoms with Crippen LogP contribution in [0.3, 0.4) is 0 Å². The van der Waals surface area contributed by atoms with Crippen LogP contribution in [0.1, 0.15) is 58.8 Å². The third-order valence-electron chi connectivity index (χ3n) is 3.22. The molecule has 0 aromatic carbocycles. The maximum Gasteiger partial charge on any atom is -0.00136 e. The van der Waals surface area contributed by atoms with Crippen molar-refractivity contribution in [3.63, 3.8) is 0 Å². The van der Waals surface area contributed by atoms with E-state index in [9.17, 15) is 0 Å². The first kappa shape index (κ1) is 11.4. The molecule has 0 aromatic heterocycles. The Morgan fingerprint density at radius 2 is 1.54 bits per heavy atom. The fourth-order valence-electron chi connectivity index (χ4n) is 2.25. The monoisotopic (exact) mass is 200 g/mol. The maximum absolute atomic E-state index is 2.50. The summed E-state index contributed by atoms with van der Waals surface area (Å²) in [5, 5.41) is 0. The van der Waals surface area contributed by atoms with Crippen LogP contribution in [0.4, 0.5) is 0 Å². The van der Waals surface area contributed by atoms with Gasteiger partial charge in [0.05, 0.1) is 0 Å². The van der Waals surface area contributed by atoms with Gasteiger partial charge in [0.2, 0.25) is 0 Å². The number of thioether (sulfide) groups is 1. The van der Waals surface area contributed by atoms with E-state index < -0.39 is 0 Å². The molecule has 1 rings (SSSR count). The van der Waals surface area contributed by atoms with Crippen LogP contribution < -0.4 is 0 Å². The van der Waals surface area contributed by atoms with Crippen molar-refractivity contribution in [3.8, 4) is 0 Å². The van der Waals surface area contributed by atoms with E-state index >= 15 is 0 Å². The van der Waals surface area contributed by atoms with Gasteiger partial charge in [0.15, 0.2) is 0 Å². The quantitative estimate of drug-likeness (QED) is 0.647. The number of hydrogen-bond acceptors (Lipinski definition) is 1. The number of rotatable bonds is 3. The van der Waals surface area contributed by atoms with Gasteiger partial charge in [0.25, 0.3) is 0 Å². The fourth-order valence-corrected chi connectivity index (χ4v) is 3.24. The minimum Gasteiger partial charge on any atom is -0.162 e. The van der Waals surface area contributed by atoms with E-state index in [4.69, 9.17) is 0 Å². The van der Waals surface area contributed by atoms with Gasteiger partial charge in [0, 0.05) is 0 Å². The lowest BCUT2D eigenvalue weighted by atomic mass is 9.79. The van der Waals surface area contributed by atoms with Crippen LogP contribution in [0.2, 0.25) is 0 Å². The molecule has 13 heavy (non-hydrogen) atoms. The van der Waals surface area contributed by atoms with E-state index in [2.05, 4.69) is 25.6 Å². The summed E-state index contributed by atoms with van der Waals surface area (Å²) in [6.45, 7) is 4.78. The van der Waals surface area contributed by atoms with Gasteiger partial charge in [-0.15, -0.1) is 0 Å². The molecule has 0 saturated heterocycles. The summed E-state index contributed by atoms with van der Waals surface area (Å²) in [5.41, 5.74) is 0.668. The van der Waals surface area contributed by atoms with Crippen LogP contribution >= 0.6 is 11.8 Å². The summed E-state index contributed by atoms with van der Waals surface area (Å²) in [6, 6.07) is 0. The first-order valence-electron chi connectivity index (χ1n) is 5.85. The van der Waals surface area contributed by atoms with Crippen molar-refractivity contribution in [2.45, 2.75) is 58.8 Å². The van der Waals surface area contributed by atoms with Crippen molar-refractivity contribution in [2.75, 3.05) is 11.5 Å². The third-order valence-corrected chi connectivity index (χ3v) is 4.52. The molecule has 0 heterocycles. The number of hydrogen-bond donors (Lipinski definition) is 0. The third kappa shape index (κ3) is 4.39. The van der Waals surface area contributed by atoms with Crippen LogP contribution in [-0.4, -0.2) is 11.5 Å². The van der Waals surface area contributed by atoms with E-state index in [0.29, 0.717) is 5.41 Å². The fraction of sp³-hybridized carbons (Fsp3) is 1.00. The summed E-state index contributed by atoms with van der Waals surface area (Å²) in [4.78, 5) is 0. The standard InChI is InChI=1S/C12H24S/c1-3-13-11-12(2)9-7-5-4-6-8-10-12/h3-11H2,1-2H3. The van der Waals surface area contributed by atoms with Crippen LogP contribution in [0.5, 0.6) is 0 Å². The Morgan fingerprint density at radius 1 is 1.00 bits per heavy atom. The molecule has 0 spiro atoms. The Labute approximate surface area is 87.9 Å². The maximum atomic E-state index is 2.50. The highest BCUT2D eigenvalue weighted by Gasteiger charge is 2.23. The van der Waals surface area contributed by atoms with Gasteiger partial charge in [-0.05, 0) is 29.8 Å². The zero-order valence-electron chi connectivity index (χ0n) is 9.27. The highest BCUT2D eigenvalue weighted by atomic mass is 32.2. The van der Waals surface area contributed by atoms with Gasteiger partial charge in [-0.25, -0.2) is 0 Å². The summed E-state index contributed by atoms with van der Waals surface area (Å²) >= 11 is 2.13. The second-order valence-corrected chi connectivity index (χ2v) is 5.99. The van der Waals surface area contributed by atoms with Crippen LogP contribution in [-0.2, 0) is 0 Å². The minimum atomic E-state index is 0.668. The summed E-state index contributed by atoms with van der Waals surface area (Å²) in [7, 11) is 0. The average molecular weight is 200 g/mol. The van der Waals surface area contributed by atoms with E-state index in [-0.39, 0.29) is 0 Å². The Balaban J connectivity index is 2.32. The van der Waals surface area contributed by atoms with E-state index in [1.807, 2.05) is 0 Å². The Kier molecular flexibility index (Phi) is 5.23. The Hall–Kier alpha value is 0.350. The predicted octanol–water partition coefficient (Wildman–Crippen LogP) is 4.49. The first-order valence-corrected chi connectivity index (χ1v) is 7.00. The van der Waals surface area contributed by atoms with Gasteiger partial charge < -0.3 is 0 Å². The van der Waals surface area contributed by atoms with Crippen molar-refractivity contribution in [3.05, 3.63) is 0 Å². The van der Waals surface area contributed by atoms with E-state index in [0.717, 1.165) is 0 Å². The lowest BCUT2D eigenvalue weighted by molar-refractivity contribution is 0.273. The lowest BCUT2D eigenvalue weighted by Gasteiger charge is -2.31. The SMILES string of the molecule is CCSCC1(C)CCCCCCC1. The second kappa shape index (κ2) is 5.95. The summed E-state index contributed by atoms with van der Waals surface area (Å²) in [6.07, 6.45) is 10.3. The topological polar surface area (TPSA) is 0 Å². The molecule has 0 atom stereocenters. The van der Waals surface area contributed by atoms with Crippen LogP contribution in [0.15, 0.2) is 0 Å². The Morgan fingerprint density at radius 3 is 2.08 bits per heavy atom. The normalized spacial score (nSPS) is 23.5. The molecular weight excluding hydrogens is 176 g/mol. The molecule has 0 bridgehead atoms. The summed E-state index contributed by atoms with van der Waals surface area (Å²) < 4.78 is 0. The van der Waals surface area contributed by atoms with Gasteiger partial charge in [-0.2, -0.15) is 11.8 Å². The lowest BCUT2D eigenvalue weighted by Crippen LogP contribution is -2.21. The van der Waals surface area contributed by atoms with Crippen LogP contribution in [0.25, 0.3) is 0 Å². The van der Waals surface area contributed by atoms with E-state index in [1.54, 1.807) is 0 Å². The van der Waals surface area contributed by atoms with Crippen molar-refractivity contribution < 1.29 is 0 Å². The zero-order chi connectivity index (χ0) is 9.57. The molecular formula is C12H24S. The van der Waals surface area contributed by atoms with Crippen molar-refractivity contribution in [2.24, 2.45) is 5.41 Å². The molecule has 0 N–H and O–H groups in total. The molecule has 1 aliphatic carbocycles. The molecule has 0 nitrogen and oxygen atoms in total. The molecule has 0 unspecified atom stereocenters. The molecule has 0 amide bonds. The van der Waals surface area contributed by atoms with Gasteiger partial charge in [0.1, 0.15) is 0 Å². The smallest absolute Gasteiger partial charge is 0.00136 e. The molecule has 1 saturated carbocycles. The molecule has 1 aliphatic rings. The van der Waals surface area contributed by atoms with Gasteiger partial charge in [-0.1, -0.05) is 46.0 Å². The predicted molar refractivity (Wildman–Crippen MR) is 63.4 cm³/mol.